The number of thiophene rings is 1. The van der Waals surface area contributed by atoms with Crippen LogP contribution < -0.4 is 5.32 Å². The molecular formula is C19H20N2O5S. The molecule has 2 heterocycles. The predicted molar refractivity (Wildman–Crippen MR) is 101 cm³/mol. The van der Waals surface area contributed by atoms with Crippen molar-refractivity contribution in [1.82, 2.24) is 4.90 Å². The van der Waals surface area contributed by atoms with E-state index in [9.17, 15) is 14.4 Å². The molecule has 27 heavy (non-hydrogen) atoms. The van der Waals surface area contributed by atoms with Gasteiger partial charge in [-0.2, -0.15) is 0 Å². The Kier molecular flexibility index (Phi) is 6.08. The minimum Gasteiger partial charge on any atom is -0.459 e. The molecule has 0 bridgehead atoms. The lowest BCUT2D eigenvalue weighted by Crippen LogP contribution is -2.33. The highest BCUT2D eigenvalue weighted by molar-refractivity contribution is 7.18. The van der Waals surface area contributed by atoms with Crippen LogP contribution in [0.3, 0.4) is 0 Å². The predicted octanol–water partition coefficient (Wildman–Crippen LogP) is 3.67. The number of hydrogen-bond acceptors (Lipinski definition) is 6. The number of likely N-dealkylation sites (N-methyl/N-ethyl adjacent to an activating group) is 1. The summed E-state index contributed by atoms with van der Waals surface area (Å²) >= 11 is 1.07. The summed E-state index contributed by atoms with van der Waals surface area (Å²) in [6.07, 6.45) is 6.35. The van der Waals surface area contributed by atoms with Gasteiger partial charge in [-0.1, -0.05) is 6.08 Å². The number of amides is 2. The van der Waals surface area contributed by atoms with Crippen LogP contribution in [0.15, 0.2) is 46.7 Å². The summed E-state index contributed by atoms with van der Waals surface area (Å²) in [5, 5.41) is 3.13. The topological polar surface area (TPSA) is 88.9 Å². The smallest absolute Gasteiger partial charge is 0.348 e. The molecule has 0 radical (unpaired) electrons. The summed E-state index contributed by atoms with van der Waals surface area (Å²) < 4.78 is 10.2. The van der Waals surface area contributed by atoms with E-state index in [1.807, 2.05) is 6.92 Å². The molecule has 0 aromatic carbocycles. The van der Waals surface area contributed by atoms with E-state index in [1.165, 1.54) is 6.26 Å². The zero-order valence-electron chi connectivity index (χ0n) is 14.9. The zero-order valence-corrected chi connectivity index (χ0v) is 15.7. The highest BCUT2D eigenvalue weighted by atomic mass is 32.1. The van der Waals surface area contributed by atoms with Crippen LogP contribution in [0.5, 0.6) is 0 Å². The molecular weight excluding hydrogens is 368 g/mol. The van der Waals surface area contributed by atoms with Gasteiger partial charge in [-0.3, -0.25) is 9.59 Å². The lowest BCUT2D eigenvalue weighted by atomic mass is 10.3. The Morgan fingerprint density at radius 1 is 1.30 bits per heavy atom. The third kappa shape index (κ3) is 4.65. The van der Waals surface area contributed by atoms with E-state index in [4.69, 9.17) is 9.15 Å². The molecule has 3 rings (SSSR count). The average Bonchev–Trinajstić information content (AvgIpc) is 3.41. The molecule has 1 aliphatic carbocycles. The van der Waals surface area contributed by atoms with Crippen LogP contribution in [0.25, 0.3) is 0 Å². The number of nitrogens with one attached hydrogen (secondary N) is 1. The van der Waals surface area contributed by atoms with Gasteiger partial charge >= 0.3 is 5.97 Å². The van der Waals surface area contributed by atoms with Crippen LogP contribution in [-0.4, -0.2) is 35.8 Å². The van der Waals surface area contributed by atoms with Gasteiger partial charge in [0.1, 0.15) is 4.88 Å². The van der Waals surface area contributed by atoms with Crippen LogP contribution >= 0.6 is 11.3 Å². The van der Waals surface area contributed by atoms with Gasteiger partial charge in [0.05, 0.1) is 11.3 Å². The summed E-state index contributed by atoms with van der Waals surface area (Å²) in [5.41, 5.74) is 0.998. The number of ether oxygens (including phenoxy) is 1. The SMILES string of the molecule is CCN(C(=O)COC(=O)c1ccc(NC(=O)c2ccco2)s1)C1=CCCC1. The molecule has 0 saturated carbocycles. The van der Waals surface area contributed by atoms with Gasteiger partial charge in [-0.05, 0) is 50.5 Å². The standard InChI is InChI=1S/C19H20N2O5S/c1-2-21(13-6-3-4-7-13)17(22)12-26-19(24)15-9-10-16(27-15)20-18(23)14-8-5-11-25-14/h5-6,8-11H,2-4,7,12H2,1H3,(H,20,23). The molecule has 0 atom stereocenters. The first-order valence-electron chi connectivity index (χ1n) is 8.69. The number of carbonyl (C=O) groups excluding carboxylic acids is 3. The van der Waals surface area contributed by atoms with Gasteiger partial charge in [-0.15, -0.1) is 11.3 Å². The second kappa shape index (κ2) is 8.68. The first kappa shape index (κ1) is 18.9. The second-order valence-electron chi connectivity index (χ2n) is 5.90. The Morgan fingerprint density at radius 3 is 2.81 bits per heavy atom. The Morgan fingerprint density at radius 2 is 2.15 bits per heavy atom. The van der Waals surface area contributed by atoms with Crippen molar-refractivity contribution in [2.24, 2.45) is 0 Å². The third-order valence-corrected chi connectivity index (χ3v) is 5.08. The van der Waals surface area contributed by atoms with Crippen LogP contribution in [0, 0.1) is 0 Å². The van der Waals surface area contributed by atoms with E-state index in [-0.39, 0.29) is 18.3 Å². The molecule has 7 nitrogen and oxygen atoms in total. The minimum atomic E-state index is -0.594. The van der Waals surface area contributed by atoms with Crippen molar-refractivity contribution in [2.45, 2.75) is 26.2 Å². The number of allylic oxidation sites excluding steroid dienone is 2. The fourth-order valence-corrected chi connectivity index (χ4v) is 3.61. The van der Waals surface area contributed by atoms with Crippen molar-refractivity contribution in [2.75, 3.05) is 18.5 Å². The van der Waals surface area contributed by atoms with Crippen molar-refractivity contribution in [3.63, 3.8) is 0 Å². The Balaban J connectivity index is 1.53. The number of carbonyl (C=O) groups is 3. The number of furan rings is 1. The fraction of sp³-hybridized carbons (Fsp3) is 0.316. The first-order valence-corrected chi connectivity index (χ1v) is 9.51. The number of anilines is 1. The van der Waals surface area contributed by atoms with E-state index in [2.05, 4.69) is 11.4 Å². The molecule has 0 fully saturated rings. The molecule has 1 aliphatic rings. The molecule has 0 aliphatic heterocycles. The molecule has 0 saturated heterocycles. The highest BCUT2D eigenvalue weighted by Crippen LogP contribution is 2.24. The maximum atomic E-state index is 12.3. The van der Waals surface area contributed by atoms with Gasteiger partial charge < -0.3 is 19.4 Å². The fourth-order valence-electron chi connectivity index (χ4n) is 2.81. The summed E-state index contributed by atoms with van der Waals surface area (Å²) in [6, 6.07) is 6.31. The summed E-state index contributed by atoms with van der Waals surface area (Å²) in [5.74, 6) is -1.05. The normalized spacial score (nSPS) is 13.1. The van der Waals surface area contributed by atoms with Crippen molar-refractivity contribution in [3.8, 4) is 0 Å². The van der Waals surface area contributed by atoms with E-state index in [0.29, 0.717) is 16.4 Å². The molecule has 2 aromatic rings. The molecule has 2 aromatic heterocycles. The van der Waals surface area contributed by atoms with Gasteiger partial charge in [0.25, 0.3) is 11.8 Å². The molecule has 2 amide bonds. The maximum absolute atomic E-state index is 12.3. The van der Waals surface area contributed by atoms with E-state index in [0.717, 1.165) is 36.3 Å². The molecule has 142 valence electrons. The van der Waals surface area contributed by atoms with Gasteiger partial charge in [0.2, 0.25) is 0 Å². The molecule has 0 unspecified atom stereocenters. The van der Waals surface area contributed by atoms with Crippen molar-refractivity contribution >= 4 is 34.1 Å². The number of esters is 1. The van der Waals surface area contributed by atoms with Crippen molar-refractivity contribution < 1.29 is 23.5 Å². The Bertz CT molecular complexity index is 853. The van der Waals surface area contributed by atoms with Gasteiger partial charge in [-0.25, -0.2) is 4.79 Å². The lowest BCUT2D eigenvalue weighted by Gasteiger charge is -2.21. The van der Waals surface area contributed by atoms with Crippen LogP contribution in [0.1, 0.15) is 46.4 Å². The monoisotopic (exact) mass is 388 g/mol. The van der Waals surface area contributed by atoms with Crippen LogP contribution in [0.4, 0.5) is 5.00 Å². The second-order valence-corrected chi connectivity index (χ2v) is 6.98. The van der Waals surface area contributed by atoms with Crippen molar-refractivity contribution in [3.05, 3.63) is 52.9 Å². The molecule has 0 spiro atoms. The average molecular weight is 388 g/mol. The van der Waals surface area contributed by atoms with Crippen LogP contribution in [-0.2, 0) is 9.53 Å². The van der Waals surface area contributed by atoms with Gasteiger partial charge in [0, 0.05) is 12.2 Å². The maximum Gasteiger partial charge on any atom is 0.348 e. The van der Waals surface area contributed by atoms with E-state index >= 15 is 0 Å². The summed E-state index contributed by atoms with van der Waals surface area (Å²) in [4.78, 5) is 38.4. The lowest BCUT2D eigenvalue weighted by molar-refractivity contribution is -0.132. The number of rotatable bonds is 7. The van der Waals surface area contributed by atoms with E-state index < -0.39 is 11.9 Å². The highest BCUT2D eigenvalue weighted by Gasteiger charge is 2.21. The van der Waals surface area contributed by atoms with Gasteiger partial charge in [0.15, 0.2) is 12.4 Å². The zero-order chi connectivity index (χ0) is 19.2. The molecule has 8 heteroatoms. The summed E-state index contributed by atoms with van der Waals surface area (Å²) in [7, 11) is 0. The van der Waals surface area contributed by atoms with Crippen LogP contribution in [0.2, 0.25) is 0 Å². The minimum absolute atomic E-state index is 0.180. The number of hydrogen-bond donors (Lipinski definition) is 1. The molecule has 1 N–H and O–H groups in total. The Hall–Kier alpha value is -2.87. The first-order chi connectivity index (χ1) is 13.1. The summed E-state index contributed by atoms with van der Waals surface area (Å²) in [6.45, 7) is 2.13. The van der Waals surface area contributed by atoms with E-state index in [1.54, 1.807) is 29.2 Å². The Labute approximate surface area is 160 Å². The quantitative estimate of drug-likeness (QED) is 0.731. The largest absolute Gasteiger partial charge is 0.459 e. The number of nitrogens with zero attached hydrogens (tertiary/aromatic N) is 1. The third-order valence-electron chi connectivity index (χ3n) is 4.10. The van der Waals surface area contributed by atoms with Crippen molar-refractivity contribution in [1.29, 1.82) is 0 Å².